The molecule has 1 saturated heterocycles. The number of hydrogen-bond acceptors (Lipinski definition) is 8. The van der Waals surface area contributed by atoms with Gasteiger partial charge in [0.25, 0.3) is 5.22 Å². The molecule has 1 amide bonds. The van der Waals surface area contributed by atoms with Crippen LogP contribution in [0.1, 0.15) is 16.5 Å². The van der Waals surface area contributed by atoms with Gasteiger partial charge in [0.05, 0.1) is 26.5 Å². The lowest BCUT2D eigenvalue weighted by Crippen LogP contribution is -2.49. The van der Waals surface area contributed by atoms with Gasteiger partial charge in [-0.15, -0.1) is 21.5 Å². The average molecular weight is 534 g/mol. The van der Waals surface area contributed by atoms with Gasteiger partial charge in [-0.2, -0.15) is 13.2 Å². The number of amides is 1. The zero-order valence-electron chi connectivity index (χ0n) is 19.1. The molecule has 0 atom stereocenters. The number of anilines is 1. The van der Waals surface area contributed by atoms with Gasteiger partial charge in [0.15, 0.2) is 0 Å². The topological polar surface area (TPSA) is 75.4 Å². The van der Waals surface area contributed by atoms with E-state index in [-0.39, 0.29) is 11.7 Å². The van der Waals surface area contributed by atoms with Crippen molar-refractivity contribution in [3.63, 3.8) is 0 Å². The van der Waals surface area contributed by atoms with Crippen LogP contribution in [0.3, 0.4) is 0 Å². The van der Waals surface area contributed by atoms with Crippen LogP contribution in [0.5, 0.6) is 0 Å². The molecule has 188 valence electrons. The number of halogens is 3. The third-order valence-corrected chi connectivity index (χ3v) is 7.73. The lowest BCUT2D eigenvalue weighted by atomic mass is 10.1. The first kappa shape index (κ1) is 24.6. The number of benzene rings is 2. The number of hydrogen-bond donors (Lipinski definition) is 0. The standard InChI is InChI=1S/C24H22F3N5O2S2/c25-24(26,27)16-4-3-5-17(14-16)31-10-12-32(13-11-31)22(33)15-35-23-30-29-20(34-23)8-9-21-28-18-6-1-2-7-19(18)36-21/h1-7,14H,8-13,15H2. The highest BCUT2D eigenvalue weighted by Crippen LogP contribution is 2.32. The molecule has 1 fully saturated rings. The van der Waals surface area contributed by atoms with Crippen LogP contribution < -0.4 is 4.90 Å². The molecule has 0 spiro atoms. The summed E-state index contributed by atoms with van der Waals surface area (Å²) in [5.74, 6) is 0.583. The van der Waals surface area contributed by atoms with Crippen LogP contribution in [-0.2, 0) is 23.8 Å². The van der Waals surface area contributed by atoms with Crippen LogP contribution in [0.25, 0.3) is 10.2 Å². The number of carbonyl (C=O) groups is 1. The van der Waals surface area contributed by atoms with Crippen molar-refractivity contribution < 1.29 is 22.4 Å². The van der Waals surface area contributed by atoms with E-state index in [2.05, 4.69) is 15.2 Å². The Hall–Kier alpha value is -3.12. The second-order valence-electron chi connectivity index (χ2n) is 8.24. The lowest BCUT2D eigenvalue weighted by Gasteiger charge is -2.36. The van der Waals surface area contributed by atoms with Crippen molar-refractivity contribution in [2.75, 3.05) is 36.8 Å². The van der Waals surface area contributed by atoms with Gasteiger partial charge in [-0.1, -0.05) is 30.0 Å². The van der Waals surface area contributed by atoms with Crippen LogP contribution >= 0.6 is 23.1 Å². The highest BCUT2D eigenvalue weighted by molar-refractivity contribution is 7.99. The quantitative estimate of drug-likeness (QED) is 0.312. The zero-order valence-corrected chi connectivity index (χ0v) is 20.7. The van der Waals surface area contributed by atoms with Crippen LogP contribution in [0.4, 0.5) is 18.9 Å². The van der Waals surface area contributed by atoms with Crippen LogP contribution in [0.2, 0.25) is 0 Å². The molecule has 0 radical (unpaired) electrons. The maximum Gasteiger partial charge on any atom is 0.416 e. The fraction of sp³-hybridized carbons (Fsp3) is 0.333. The first-order valence-electron chi connectivity index (χ1n) is 11.3. The Bertz CT molecular complexity index is 1320. The molecule has 1 aliphatic heterocycles. The summed E-state index contributed by atoms with van der Waals surface area (Å²) in [7, 11) is 0. The van der Waals surface area contributed by atoms with E-state index in [0.29, 0.717) is 55.8 Å². The van der Waals surface area contributed by atoms with Crippen molar-refractivity contribution in [1.29, 1.82) is 0 Å². The van der Waals surface area contributed by atoms with Crippen LogP contribution in [-0.4, -0.2) is 57.9 Å². The Kier molecular flexibility index (Phi) is 7.15. The molecule has 1 aliphatic rings. The summed E-state index contributed by atoms with van der Waals surface area (Å²) in [6.07, 6.45) is -3.12. The molecule has 5 rings (SSSR count). The Balaban J connectivity index is 1.08. The highest BCUT2D eigenvalue weighted by atomic mass is 32.2. The third-order valence-electron chi connectivity index (χ3n) is 5.83. The predicted octanol–water partition coefficient (Wildman–Crippen LogP) is 4.92. The van der Waals surface area contributed by atoms with Crippen molar-refractivity contribution in [1.82, 2.24) is 20.1 Å². The van der Waals surface area contributed by atoms with Gasteiger partial charge in [0.1, 0.15) is 0 Å². The first-order chi connectivity index (χ1) is 17.3. The molecule has 12 heteroatoms. The van der Waals surface area contributed by atoms with Gasteiger partial charge >= 0.3 is 6.18 Å². The number of rotatable bonds is 7. The van der Waals surface area contributed by atoms with Gasteiger partial charge in [0.2, 0.25) is 11.8 Å². The maximum absolute atomic E-state index is 13.0. The number of alkyl halides is 3. The molecule has 0 saturated carbocycles. The van der Waals surface area contributed by atoms with Crippen LogP contribution in [0.15, 0.2) is 58.2 Å². The van der Waals surface area contributed by atoms with Crippen molar-refractivity contribution >= 4 is 44.9 Å². The number of piperazine rings is 1. The summed E-state index contributed by atoms with van der Waals surface area (Å²) in [5.41, 5.74) is 0.817. The fourth-order valence-electron chi connectivity index (χ4n) is 3.95. The van der Waals surface area contributed by atoms with E-state index in [1.807, 2.05) is 29.2 Å². The minimum Gasteiger partial charge on any atom is -0.416 e. The summed E-state index contributed by atoms with van der Waals surface area (Å²) >= 11 is 2.83. The Morgan fingerprint density at radius 2 is 1.83 bits per heavy atom. The summed E-state index contributed by atoms with van der Waals surface area (Å²) < 4.78 is 45.8. The molecule has 2 aromatic heterocycles. The Labute approximate surface area is 213 Å². The highest BCUT2D eigenvalue weighted by Gasteiger charge is 2.31. The molecule has 4 aromatic rings. The second kappa shape index (κ2) is 10.5. The number of thiazole rings is 1. The summed E-state index contributed by atoms with van der Waals surface area (Å²) in [6, 6.07) is 13.3. The Morgan fingerprint density at radius 1 is 1.03 bits per heavy atom. The second-order valence-corrected chi connectivity index (χ2v) is 10.3. The van der Waals surface area contributed by atoms with Gasteiger partial charge in [-0.25, -0.2) is 4.98 Å². The van der Waals surface area contributed by atoms with Gasteiger partial charge in [0, 0.05) is 44.7 Å². The lowest BCUT2D eigenvalue weighted by molar-refractivity contribution is -0.137. The van der Waals surface area contributed by atoms with Crippen molar-refractivity contribution in [2.24, 2.45) is 0 Å². The molecular weight excluding hydrogens is 511 g/mol. The molecule has 0 unspecified atom stereocenters. The van der Waals surface area contributed by atoms with E-state index in [9.17, 15) is 18.0 Å². The predicted molar refractivity (Wildman–Crippen MR) is 132 cm³/mol. The number of aromatic nitrogens is 3. The normalized spacial score (nSPS) is 14.5. The average Bonchev–Trinajstić information content (AvgIpc) is 3.52. The molecule has 7 nitrogen and oxygen atoms in total. The van der Waals surface area contributed by atoms with Crippen molar-refractivity contribution in [2.45, 2.75) is 24.2 Å². The molecule has 0 aliphatic carbocycles. The Morgan fingerprint density at radius 3 is 2.61 bits per heavy atom. The van der Waals surface area contributed by atoms with Gasteiger partial charge in [-0.3, -0.25) is 4.79 Å². The number of fused-ring (bicyclic) bond motifs is 1. The van der Waals surface area contributed by atoms with Crippen molar-refractivity contribution in [3.05, 3.63) is 65.0 Å². The summed E-state index contributed by atoms with van der Waals surface area (Å²) in [6.45, 7) is 1.81. The molecule has 0 bridgehead atoms. The maximum atomic E-state index is 13.0. The smallest absolute Gasteiger partial charge is 0.416 e. The first-order valence-corrected chi connectivity index (χ1v) is 13.1. The van der Waals surface area contributed by atoms with Gasteiger partial charge < -0.3 is 14.2 Å². The van der Waals surface area contributed by atoms with E-state index in [4.69, 9.17) is 4.42 Å². The number of carbonyl (C=O) groups excluding carboxylic acids is 1. The number of para-hydroxylation sites is 1. The summed E-state index contributed by atoms with van der Waals surface area (Å²) in [4.78, 5) is 20.8. The monoisotopic (exact) mass is 533 g/mol. The number of aryl methyl sites for hydroxylation is 2. The number of nitrogens with zero attached hydrogens (tertiary/aromatic N) is 5. The molecule has 36 heavy (non-hydrogen) atoms. The summed E-state index contributed by atoms with van der Waals surface area (Å²) in [5, 5.41) is 9.44. The van der Waals surface area contributed by atoms with E-state index >= 15 is 0 Å². The van der Waals surface area contributed by atoms with E-state index in [1.165, 1.54) is 17.8 Å². The third kappa shape index (κ3) is 5.81. The largest absolute Gasteiger partial charge is 0.416 e. The fourth-order valence-corrected chi connectivity index (χ4v) is 5.60. The van der Waals surface area contributed by atoms with E-state index in [1.54, 1.807) is 22.3 Å². The number of thioether (sulfide) groups is 1. The SMILES string of the molecule is O=C(CSc1nnc(CCc2nc3ccccc3s2)o1)N1CCN(c2cccc(C(F)(F)F)c2)CC1. The molecule has 3 heterocycles. The van der Waals surface area contributed by atoms with E-state index < -0.39 is 11.7 Å². The van der Waals surface area contributed by atoms with E-state index in [0.717, 1.165) is 27.4 Å². The molecule has 2 aromatic carbocycles. The molecular formula is C24H22F3N5O2S2. The zero-order chi connectivity index (χ0) is 25.1. The van der Waals surface area contributed by atoms with Crippen molar-refractivity contribution in [3.8, 4) is 0 Å². The minimum absolute atomic E-state index is 0.0714. The van der Waals surface area contributed by atoms with Crippen LogP contribution in [0, 0.1) is 0 Å². The van der Waals surface area contributed by atoms with Gasteiger partial charge in [-0.05, 0) is 30.3 Å². The molecule has 0 N–H and O–H groups in total. The minimum atomic E-state index is -4.38.